The molecule has 0 bridgehead atoms. The average Bonchev–Trinajstić information content (AvgIpc) is 2.18. The van der Waals surface area contributed by atoms with Crippen LogP contribution in [0.1, 0.15) is 32.6 Å². The second-order valence-electron chi connectivity index (χ2n) is 4.24. The van der Waals surface area contributed by atoms with E-state index in [1.807, 2.05) is 18.9 Å². The standard InChI is InChI=1S/C11H23NOS/c1-9(8-14-3)12-10-5-4-6-11(7-10)13-2/h9-12H,4-8H2,1-3H3. The molecule has 0 aromatic heterocycles. The third-order valence-corrected chi connectivity index (χ3v) is 3.73. The Morgan fingerprint density at radius 1 is 1.50 bits per heavy atom. The van der Waals surface area contributed by atoms with Crippen LogP contribution in [0.25, 0.3) is 0 Å². The number of hydrogen-bond acceptors (Lipinski definition) is 3. The molecular weight excluding hydrogens is 194 g/mol. The molecule has 0 aromatic rings. The number of rotatable bonds is 5. The van der Waals surface area contributed by atoms with Crippen molar-refractivity contribution in [1.29, 1.82) is 0 Å². The SMILES string of the molecule is COC1CCCC(NC(C)CSC)C1. The van der Waals surface area contributed by atoms with E-state index >= 15 is 0 Å². The van der Waals surface area contributed by atoms with Gasteiger partial charge in [-0.3, -0.25) is 0 Å². The molecule has 1 rings (SSSR count). The maximum atomic E-state index is 5.42. The Kier molecular flexibility index (Phi) is 5.90. The van der Waals surface area contributed by atoms with Crippen LogP contribution in [0.15, 0.2) is 0 Å². The van der Waals surface area contributed by atoms with Gasteiger partial charge in [-0.15, -0.1) is 0 Å². The molecule has 0 radical (unpaired) electrons. The van der Waals surface area contributed by atoms with E-state index in [2.05, 4.69) is 18.5 Å². The number of thioether (sulfide) groups is 1. The van der Waals surface area contributed by atoms with Gasteiger partial charge in [0, 0.05) is 24.9 Å². The van der Waals surface area contributed by atoms with Crippen LogP contribution in [0.4, 0.5) is 0 Å². The van der Waals surface area contributed by atoms with Crippen molar-refractivity contribution in [3.8, 4) is 0 Å². The Hall–Kier alpha value is 0.270. The van der Waals surface area contributed by atoms with E-state index in [1.54, 1.807) is 0 Å². The van der Waals surface area contributed by atoms with Crippen molar-refractivity contribution in [3.05, 3.63) is 0 Å². The van der Waals surface area contributed by atoms with Gasteiger partial charge in [-0.05, 0) is 38.9 Å². The fourth-order valence-electron chi connectivity index (χ4n) is 2.21. The quantitative estimate of drug-likeness (QED) is 0.763. The van der Waals surface area contributed by atoms with E-state index in [0.717, 1.165) is 0 Å². The monoisotopic (exact) mass is 217 g/mol. The molecule has 0 aromatic carbocycles. The number of nitrogens with one attached hydrogen (secondary N) is 1. The van der Waals surface area contributed by atoms with Crippen molar-refractivity contribution in [1.82, 2.24) is 5.32 Å². The van der Waals surface area contributed by atoms with Crippen LogP contribution in [0.3, 0.4) is 0 Å². The Balaban J connectivity index is 2.22. The lowest BCUT2D eigenvalue weighted by Crippen LogP contribution is -2.42. The summed E-state index contributed by atoms with van der Waals surface area (Å²) in [6.45, 7) is 2.27. The van der Waals surface area contributed by atoms with Gasteiger partial charge >= 0.3 is 0 Å². The molecule has 3 unspecified atom stereocenters. The van der Waals surface area contributed by atoms with E-state index in [9.17, 15) is 0 Å². The molecule has 14 heavy (non-hydrogen) atoms. The molecule has 0 heterocycles. The summed E-state index contributed by atoms with van der Waals surface area (Å²) in [5.41, 5.74) is 0. The topological polar surface area (TPSA) is 21.3 Å². The first kappa shape index (κ1) is 12.3. The number of hydrogen-bond donors (Lipinski definition) is 1. The lowest BCUT2D eigenvalue weighted by atomic mass is 9.92. The molecule has 3 heteroatoms. The van der Waals surface area contributed by atoms with Gasteiger partial charge in [-0.2, -0.15) is 11.8 Å². The zero-order valence-electron chi connectivity index (χ0n) is 9.58. The number of methoxy groups -OCH3 is 1. The maximum absolute atomic E-state index is 5.42. The largest absolute Gasteiger partial charge is 0.381 e. The van der Waals surface area contributed by atoms with Crippen molar-refractivity contribution >= 4 is 11.8 Å². The fraction of sp³-hybridized carbons (Fsp3) is 1.00. The van der Waals surface area contributed by atoms with Crippen LogP contribution in [0, 0.1) is 0 Å². The van der Waals surface area contributed by atoms with Gasteiger partial charge in [-0.25, -0.2) is 0 Å². The van der Waals surface area contributed by atoms with Gasteiger partial charge in [-0.1, -0.05) is 0 Å². The van der Waals surface area contributed by atoms with Crippen LogP contribution in [-0.2, 0) is 4.74 Å². The summed E-state index contributed by atoms with van der Waals surface area (Å²) in [4.78, 5) is 0. The third-order valence-electron chi connectivity index (χ3n) is 2.90. The fourth-order valence-corrected chi connectivity index (χ4v) is 2.81. The van der Waals surface area contributed by atoms with E-state index in [-0.39, 0.29) is 0 Å². The molecule has 0 spiro atoms. The Bertz CT molecular complexity index is 154. The summed E-state index contributed by atoms with van der Waals surface area (Å²) in [6, 6.07) is 1.31. The summed E-state index contributed by atoms with van der Waals surface area (Å²) >= 11 is 1.91. The zero-order valence-corrected chi connectivity index (χ0v) is 10.4. The molecule has 1 saturated carbocycles. The van der Waals surface area contributed by atoms with E-state index in [1.165, 1.54) is 31.4 Å². The second-order valence-corrected chi connectivity index (χ2v) is 5.15. The minimum Gasteiger partial charge on any atom is -0.381 e. The minimum absolute atomic E-state index is 0.489. The van der Waals surface area contributed by atoms with Crippen molar-refractivity contribution in [2.24, 2.45) is 0 Å². The summed E-state index contributed by atoms with van der Waals surface area (Å²) < 4.78 is 5.42. The molecule has 84 valence electrons. The second kappa shape index (κ2) is 6.70. The van der Waals surface area contributed by atoms with Crippen LogP contribution < -0.4 is 5.32 Å². The van der Waals surface area contributed by atoms with Crippen molar-refractivity contribution in [2.75, 3.05) is 19.1 Å². The van der Waals surface area contributed by atoms with Crippen LogP contribution in [0.2, 0.25) is 0 Å². The summed E-state index contributed by atoms with van der Waals surface area (Å²) in [5.74, 6) is 1.20. The van der Waals surface area contributed by atoms with Crippen molar-refractivity contribution in [3.63, 3.8) is 0 Å². The molecule has 1 aliphatic rings. The molecule has 3 atom stereocenters. The van der Waals surface area contributed by atoms with Crippen LogP contribution >= 0.6 is 11.8 Å². The molecular formula is C11H23NOS. The van der Waals surface area contributed by atoms with Gasteiger partial charge in [0.1, 0.15) is 0 Å². The normalized spacial score (nSPS) is 30.2. The number of ether oxygens (including phenoxy) is 1. The van der Waals surface area contributed by atoms with Crippen molar-refractivity contribution < 1.29 is 4.74 Å². The lowest BCUT2D eigenvalue weighted by Gasteiger charge is -2.31. The molecule has 0 amide bonds. The summed E-state index contributed by atoms with van der Waals surface area (Å²) in [5, 5.41) is 3.68. The van der Waals surface area contributed by atoms with Gasteiger partial charge < -0.3 is 10.1 Å². The van der Waals surface area contributed by atoms with Gasteiger partial charge in [0.15, 0.2) is 0 Å². The third kappa shape index (κ3) is 4.20. The lowest BCUT2D eigenvalue weighted by molar-refractivity contribution is 0.0577. The van der Waals surface area contributed by atoms with Gasteiger partial charge in [0.2, 0.25) is 0 Å². The first-order chi connectivity index (χ1) is 6.76. The Morgan fingerprint density at radius 3 is 2.93 bits per heavy atom. The molecule has 1 fully saturated rings. The summed E-state index contributed by atoms with van der Waals surface area (Å²) in [7, 11) is 1.83. The van der Waals surface area contributed by atoms with Crippen LogP contribution in [0.5, 0.6) is 0 Å². The Labute approximate surface area is 92.2 Å². The predicted octanol–water partition coefficient (Wildman–Crippen LogP) is 2.29. The first-order valence-corrected chi connectivity index (χ1v) is 6.93. The van der Waals surface area contributed by atoms with Crippen LogP contribution in [-0.4, -0.2) is 37.3 Å². The average molecular weight is 217 g/mol. The predicted molar refractivity (Wildman–Crippen MR) is 64.0 cm³/mol. The molecule has 1 aliphatic carbocycles. The highest BCUT2D eigenvalue weighted by molar-refractivity contribution is 7.98. The van der Waals surface area contributed by atoms with E-state index in [4.69, 9.17) is 4.74 Å². The molecule has 1 N–H and O–H groups in total. The van der Waals surface area contributed by atoms with Gasteiger partial charge in [0.05, 0.1) is 6.10 Å². The van der Waals surface area contributed by atoms with Crippen molar-refractivity contribution in [2.45, 2.75) is 50.8 Å². The Morgan fingerprint density at radius 2 is 2.29 bits per heavy atom. The summed E-state index contributed by atoms with van der Waals surface area (Å²) in [6.07, 6.45) is 7.71. The highest BCUT2D eigenvalue weighted by Gasteiger charge is 2.22. The minimum atomic E-state index is 0.489. The first-order valence-electron chi connectivity index (χ1n) is 5.54. The maximum Gasteiger partial charge on any atom is 0.0586 e. The van der Waals surface area contributed by atoms with Gasteiger partial charge in [0.25, 0.3) is 0 Å². The molecule has 2 nitrogen and oxygen atoms in total. The highest BCUT2D eigenvalue weighted by atomic mass is 32.2. The zero-order chi connectivity index (χ0) is 10.4. The highest BCUT2D eigenvalue weighted by Crippen LogP contribution is 2.21. The molecule has 0 aliphatic heterocycles. The van der Waals surface area contributed by atoms with E-state index in [0.29, 0.717) is 18.2 Å². The molecule has 0 saturated heterocycles. The van der Waals surface area contributed by atoms with E-state index < -0.39 is 0 Å². The smallest absolute Gasteiger partial charge is 0.0586 e.